The first-order chi connectivity index (χ1) is 18.8. The van der Waals surface area contributed by atoms with Gasteiger partial charge < -0.3 is 20.9 Å². The number of primary amides is 1. The first-order valence-corrected chi connectivity index (χ1v) is 13.0. The third-order valence-corrected chi connectivity index (χ3v) is 7.93. The van der Waals surface area contributed by atoms with E-state index in [1.165, 1.54) is 0 Å². The smallest absolute Gasteiger partial charge is 0.319 e. The number of nitrogens with one attached hydrogen (secondary N) is 1. The number of para-hydroxylation sites is 1. The van der Waals surface area contributed by atoms with E-state index in [4.69, 9.17) is 5.73 Å². The number of carbonyl (C=O) groups is 2. The lowest BCUT2D eigenvalue weighted by atomic mass is 9.79. The minimum absolute atomic E-state index is 0.0497. The molecule has 2 aromatic carbocycles. The predicted octanol–water partition coefficient (Wildman–Crippen LogP) is 2.73. The van der Waals surface area contributed by atoms with Crippen molar-refractivity contribution < 1.29 is 9.59 Å². The molecule has 3 aromatic rings. The fourth-order valence-corrected chi connectivity index (χ4v) is 5.97. The van der Waals surface area contributed by atoms with Crippen molar-refractivity contribution in [1.82, 2.24) is 24.7 Å². The zero-order valence-corrected chi connectivity index (χ0v) is 22.1. The molecule has 0 radical (unpaired) electrons. The van der Waals surface area contributed by atoms with Crippen molar-refractivity contribution in [2.24, 2.45) is 11.7 Å². The molecule has 3 aliphatic rings. The van der Waals surface area contributed by atoms with E-state index in [-0.39, 0.29) is 17.6 Å². The van der Waals surface area contributed by atoms with E-state index in [2.05, 4.69) is 10.3 Å². The predicted molar refractivity (Wildman–Crippen MR) is 150 cm³/mol. The maximum atomic E-state index is 13.4. The second-order valence-corrected chi connectivity index (χ2v) is 10.4. The van der Waals surface area contributed by atoms with E-state index in [1.807, 2.05) is 60.4 Å². The zero-order chi connectivity index (χ0) is 27.4. The van der Waals surface area contributed by atoms with E-state index in [1.54, 1.807) is 36.0 Å². The van der Waals surface area contributed by atoms with E-state index < -0.39 is 11.8 Å². The minimum Gasteiger partial charge on any atom is -0.380 e. The Hall–Kier alpha value is -4.66. The molecule has 0 saturated heterocycles. The highest BCUT2D eigenvalue weighted by molar-refractivity contribution is 5.91. The molecule has 0 spiro atoms. The molecule has 2 atom stereocenters. The first-order valence-electron chi connectivity index (χ1n) is 13.0. The Morgan fingerprint density at radius 2 is 1.92 bits per heavy atom. The van der Waals surface area contributed by atoms with E-state index in [0.717, 1.165) is 39.2 Å². The van der Waals surface area contributed by atoms with Crippen molar-refractivity contribution in [2.75, 3.05) is 27.2 Å². The van der Waals surface area contributed by atoms with Gasteiger partial charge in [0.25, 0.3) is 5.56 Å². The maximum absolute atomic E-state index is 13.4. The Balaban J connectivity index is 1.51. The molecule has 1 aliphatic carbocycles. The number of allylic oxidation sites excluding steroid dienone is 2. The van der Waals surface area contributed by atoms with Crippen LogP contribution in [0.1, 0.15) is 17.5 Å². The fourth-order valence-electron chi connectivity index (χ4n) is 5.97. The number of nitrogens with zero attached hydrogens (tertiary/aromatic N) is 4. The van der Waals surface area contributed by atoms with Gasteiger partial charge in [-0.15, -0.1) is 0 Å². The number of hydrogen-bond acceptors (Lipinski definition) is 5. The standard InChI is InChI=1S/C30H30N6O3/c1-17-18(8-6-10-25(17)36-16-32-23-9-5-4-7-20(23)29(36)38)19-11-12-21(28(31)37)27-26(19)22-15-35(30(39)34(2)3)14-13-24(22)33-27/h4-12,16,21,27,33H,13-15H2,1-3H3,(H2,31,37). The van der Waals surface area contributed by atoms with Crippen LogP contribution in [0.4, 0.5) is 4.79 Å². The Kier molecular flexibility index (Phi) is 5.86. The molecule has 0 saturated carbocycles. The van der Waals surface area contributed by atoms with E-state index >= 15 is 0 Å². The molecule has 3 heterocycles. The van der Waals surface area contributed by atoms with Gasteiger partial charge in [-0.3, -0.25) is 14.2 Å². The molecule has 6 rings (SSSR count). The van der Waals surface area contributed by atoms with E-state index in [0.29, 0.717) is 30.4 Å². The van der Waals surface area contributed by atoms with Gasteiger partial charge in [-0.05, 0) is 53.0 Å². The Morgan fingerprint density at radius 1 is 1.13 bits per heavy atom. The molecule has 2 aliphatic heterocycles. The SMILES string of the molecule is Cc1c(C2=C3C4=C(CCN(C(=O)N(C)C)C4)NC3C(C(N)=O)C=C2)cccc1-n1cnc2ccccc2c1=O. The first kappa shape index (κ1) is 24.7. The maximum Gasteiger partial charge on any atom is 0.319 e. The topological polar surface area (TPSA) is 114 Å². The van der Waals surface area contributed by atoms with Crippen molar-refractivity contribution in [3.63, 3.8) is 0 Å². The summed E-state index contributed by atoms with van der Waals surface area (Å²) < 4.78 is 1.58. The number of aromatic nitrogens is 2. The highest BCUT2D eigenvalue weighted by Crippen LogP contribution is 2.43. The van der Waals surface area contributed by atoms with Gasteiger partial charge in [0, 0.05) is 39.3 Å². The lowest BCUT2D eigenvalue weighted by molar-refractivity contribution is -0.120. The molecule has 9 heteroatoms. The Labute approximate surface area is 225 Å². The van der Waals surface area contributed by atoms with Crippen molar-refractivity contribution in [3.05, 3.63) is 99.3 Å². The van der Waals surface area contributed by atoms with Crippen LogP contribution in [0.15, 0.2) is 82.6 Å². The summed E-state index contributed by atoms with van der Waals surface area (Å²) in [5.41, 5.74) is 12.9. The summed E-state index contributed by atoms with van der Waals surface area (Å²) in [4.78, 5) is 46.6. The molecular formula is C30H30N6O3. The Bertz CT molecular complexity index is 1700. The zero-order valence-electron chi connectivity index (χ0n) is 22.1. The fraction of sp³-hybridized carbons (Fsp3) is 0.267. The summed E-state index contributed by atoms with van der Waals surface area (Å²) in [6.45, 7) is 3.03. The van der Waals surface area contributed by atoms with Gasteiger partial charge in [0.1, 0.15) is 6.33 Å². The highest BCUT2D eigenvalue weighted by Gasteiger charge is 2.42. The molecule has 39 heavy (non-hydrogen) atoms. The van der Waals surface area contributed by atoms with Gasteiger partial charge in [-0.1, -0.05) is 36.4 Å². The number of fused-ring (bicyclic) bond motifs is 3. The van der Waals surface area contributed by atoms with Gasteiger partial charge in [0.05, 0.1) is 28.6 Å². The molecule has 3 amide bonds. The molecule has 0 fully saturated rings. The van der Waals surface area contributed by atoms with Gasteiger partial charge in [-0.25, -0.2) is 9.78 Å². The molecule has 0 bridgehead atoms. The third kappa shape index (κ3) is 3.93. The number of nitrogens with two attached hydrogens (primary N) is 1. The number of carbonyl (C=O) groups excluding carboxylic acids is 2. The summed E-state index contributed by atoms with van der Waals surface area (Å²) in [5.74, 6) is -0.913. The average Bonchev–Trinajstić information content (AvgIpc) is 3.32. The average molecular weight is 523 g/mol. The number of benzene rings is 2. The van der Waals surface area contributed by atoms with Gasteiger partial charge >= 0.3 is 6.03 Å². The number of amides is 3. The summed E-state index contributed by atoms with van der Waals surface area (Å²) in [6.07, 6.45) is 6.06. The molecular weight excluding hydrogens is 492 g/mol. The number of rotatable bonds is 3. The van der Waals surface area contributed by atoms with Crippen LogP contribution < -0.4 is 16.6 Å². The summed E-state index contributed by atoms with van der Waals surface area (Å²) in [6, 6.07) is 12.8. The Morgan fingerprint density at radius 3 is 2.69 bits per heavy atom. The molecule has 3 N–H and O–H groups in total. The van der Waals surface area contributed by atoms with Crippen molar-refractivity contribution in [2.45, 2.75) is 19.4 Å². The minimum atomic E-state index is -0.511. The summed E-state index contributed by atoms with van der Waals surface area (Å²) in [5, 5.41) is 4.11. The van der Waals surface area contributed by atoms with Crippen molar-refractivity contribution in [1.29, 1.82) is 0 Å². The normalized spacial score (nSPS) is 20.1. The van der Waals surface area contributed by atoms with Crippen LogP contribution in [0.2, 0.25) is 0 Å². The number of urea groups is 1. The quantitative estimate of drug-likeness (QED) is 0.549. The molecule has 198 valence electrons. The van der Waals surface area contributed by atoms with Crippen LogP contribution in [-0.2, 0) is 4.79 Å². The van der Waals surface area contributed by atoms with Gasteiger partial charge in [0.2, 0.25) is 5.91 Å². The second-order valence-electron chi connectivity index (χ2n) is 10.4. The largest absolute Gasteiger partial charge is 0.380 e. The van der Waals surface area contributed by atoms with Gasteiger partial charge in [-0.2, -0.15) is 0 Å². The van der Waals surface area contributed by atoms with Crippen LogP contribution in [-0.4, -0.2) is 64.5 Å². The van der Waals surface area contributed by atoms with Crippen LogP contribution in [0.5, 0.6) is 0 Å². The van der Waals surface area contributed by atoms with Crippen molar-refractivity contribution >= 4 is 28.4 Å². The number of hydrogen-bond donors (Lipinski definition) is 2. The summed E-state index contributed by atoms with van der Waals surface area (Å²) in [7, 11) is 3.50. The van der Waals surface area contributed by atoms with Crippen molar-refractivity contribution in [3.8, 4) is 5.69 Å². The van der Waals surface area contributed by atoms with Crippen LogP contribution in [0, 0.1) is 12.8 Å². The lowest BCUT2D eigenvalue weighted by Crippen LogP contribution is -2.43. The molecule has 2 unspecified atom stereocenters. The van der Waals surface area contributed by atoms with Crippen LogP contribution in [0.25, 0.3) is 22.2 Å². The molecule has 1 aromatic heterocycles. The van der Waals surface area contributed by atoms with E-state index in [9.17, 15) is 14.4 Å². The van der Waals surface area contributed by atoms with Crippen LogP contribution >= 0.6 is 0 Å². The van der Waals surface area contributed by atoms with Gasteiger partial charge in [0.15, 0.2) is 0 Å². The monoisotopic (exact) mass is 522 g/mol. The lowest BCUT2D eigenvalue weighted by Gasteiger charge is -2.31. The second kappa shape index (κ2) is 9.27. The third-order valence-electron chi connectivity index (χ3n) is 7.93. The highest BCUT2D eigenvalue weighted by atomic mass is 16.2. The summed E-state index contributed by atoms with van der Waals surface area (Å²) >= 11 is 0. The van der Waals surface area contributed by atoms with Crippen LogP contribution in [0.3, 0.4) is 0 Å². The molecule has 9 nitrogen and oxygen atoms in total.